The van der Waals surface area contributed by atoms with Crippen molar-refractivity contribution in [1.29, 1.82) is 0 Å². The predicted octanol–water partition coefficient (Wildman–Crippen LogP) is 3.07. The fourth-order valence-corrected chi connectivity index (χ4v) is 2.30. The van der Waals surface area contributed by atoms with E-state index in [-0.39, 0.29) is 6.04 Å². The SMILES string of the molecule is CCCCC(C)n1nnnc1-c1cc(N)cc(OCC)c1. The zero-order chi connectivity index (χ0) is 15.2. The number of unbranched alkanes of at least 4 members (excludes halogenated alkanes) is 1. The van der Waals surface area contributed by atoms with E-state index < -0.39 is 0 Å². The smallest absolute Gasteiger partial charge is 0.182 e. The number of rotatable bonds is 7. The third kappa shape index (κ3) is 3.71. The summed E-state index contributed by atoms with van der Waals surface area (Å²) in [5.74, 6) is 1.47. The number of aromatic nitrogens is 4. The molecule has 2 rings (SSSR count). The standard InChI is InChI=1S/C15H23N5O/c1-4-6-7-11(3)20-15(17-18-19-20)12-8-13(16)10-14(9-12)21-5-2/h8-11H,4-7,16H2,1-3H3. The lowest BCUT2D eigenvalue weighted by Gasteiger charge is -2.14. The van der Waals surface area contributed by atoms with Crippen LogP contribution in [-0.2, 0) is 0 Å². The van der Waals surface area contributed by atoms with Crippen LogP contribution in [-0.4, -0.2) is 26.8 Å². The Hall–Kier alpha value is -2.11. The Morgan fingerprint density at radius 3 is 2.81 bits per heavy atom. The van der Waals surface area contributed by atoms with Crippen LogP contribution in [0.2, 0.25) is 0 Å². The summed E-state index contributed by atoms with van der Waals surface area (Å²) in [5, 5.41) is 12.1. The van der Waals surface area contributed by atoms with E-state index in [0.29, 0.717) is 12.3 Å². The lowest BCUT2D eigenvalue weighted by atomic mass is 10.1. The van der Waals surface area contributed by atoms with Crippen molar-refractivity contribution in [3.8, 4) is 17.1 Å². The van der Waals surface area contributed by atoms with E-state index >= 15 is 0 Å². The van der Waals surface area contributed by atoms with Crippen molar-refractivity contribution in [2.24, 2.45) is 0 Å². The van der Waals surface area contributed by atoms with Crippen molar-refractivity contribution in [2.75, 3.05) is 12.3 Å². The summed E-state index contributed by atoms with van der Waals surface area (Å²) < 4.78 is 7.39. The minimum atomic E-state index is 0.256. The number of anilines is 1. The Labute approximate surface area is 125 Å². The highest BCUT2D eigenvalue weighted by atomic mass is 16.5. The first-order valence-electron chi connectivity index (χ1n) is 7.47. The van der Waals surface area contributed by atoms with Crippen LogP contribution >= 0.6 is 0 Å². The van der Waals surface area contributed by atoms with Crippen molar-refractivity contribution in [2.45, 2.75) is 46.1 Å². The van der Waals surface area contributed by atoms with E-state index in [1.165, 1.54) is 0 Å². The monoisotopic (exact) mass is 289 g/mol. The van der Waals surface area contributed by atoms with Crippen LogP contribution < -0.4 is 10.5 Å². The summed E-state index contributed by atoms with van der Waals surface area (Å²) in [4.78, 5) is 0. The Balaban J connectivity index is 2.32. The van der Waals surface area contributed by atoms with E-state index in [2.05, 4.69) is 29.4 Å². The number of benzene rings is 1. The highest BCUT2D eigenvalue weighted by Crippen LogP contribution is 2.28. The maximum atomic E-state index is 5.94. The quantitative estimate of drug-likeness (QED) is 0.792. The van der Waals surface area contributed by atoms with Gasteiger partial charge in [-0.1, -0.05) is 19.8 Å². The van der Waals surface area contributed by atoms with E-state index in [9.17, 15) is 0 Å². The number of tetrazole rings is 1. The highest BCUT2D eigenvalue weighted by molar-refractivity contribution is 5.64. The largest absolute Gasteiger partial charge is 0.494 e. The molecule has 0 radical (unpaired) electrons. The number of nitrogens with two attached hydrogens (primary N) is 1. The molecule has 21 heavy (non-hydrogen) atoms. The third-order valence-electron chi connectivity index (χ3n) is 3.38. The van der Waals surface area contributed by atoms with Gasteiger partial charge in [-0.25, -0.2) is 4.68 Å². The number of nitrogens with zero attached hydrogens (tertiary/aromatic N) is 4. The predicted molar refractivity (Wildman–Crippen MR) is 83.1 cm³/mol. The molecule has 6 nitrogen and oxygen atoms in total. The van der Waals surface area contributed by atoms with Gasteiger partial charge in [-0.05, 0) is 42.8 Å². The van der Waals surface area contributed by atoms with Crippen LogP contribution in [0.3, 0.4) is 0 Å². The summed E-state index contributed by atoms with van der Waals surface area (Å²) >= 11 is 0. The fourth-order valence-electron chi connectivity index (χ4n) is 2.30. The first-order valence-corrected chi connectivity index (χ1v) is 7.47. The van der Waals surface area contributed by atoms with Gasteiger partial charge in [0.05, 0.1) is 12.6 Å². The molecular weight excluding hydrogens is 266 g/mol. The van der Waals surface area contributed by atoms with Crippen molar-refractivity contribution >= 4 is 5.69 Å². The van der Waals surface area contributed by atoms with Gasteiger partial charge in [0, 0.05) is 17.3 Å². The number of ether oxygens (including phenoxy) is 1. The molecule has 0 saturated carbocycles. The maximum absolute atomic E-state index is 5.94. The number of hydrogen-bond acceptors (Lipinski definition) is 5. The van der Waals surface area contributed by atoms with Crippen LogP contribution in [0.4, 0.5) is 5.69 Å². The third-order valence-corrected chi connectivity index (χ3v) is 3.38. The van der Waals surface area contributed by atoms with Crippen LogP contribution in [0, 0.1) is 0 Å². The molecule has 1 unspecified atom stereocenters. The second-order valence-electron chi connectivity index (χ2n) is 5.16. The Morgan fingerprint density at radius 2 is 2.10 bits per heavy atom. The molecule has 0 aliphatic rings. The number of hydrogen-bond donors (Lipinski definition) is 1. The molecule has 0 fully saturated rings. The molecule has 2 aromatic rings. The van der Waals surface area contributed by atoms with E-state index in [4.69, 9.17) is 10.5 Å². The lowest BCUT2D eigenvalue weighted by molar-refractivity contribution is 0.340. The average Bonchev–Trinajstić information content (AvgIpc) is 2.94. The van der Waals surface area contributed by atoms with Crippen LogP contribution in [0.1, 0.15) is 46.1 Å². The minimum absolute atomic E-state index is 0.256. The first kappa shape index (κ1) is 15.3. The van der Waals surface area contributed by atoms with Gasteiger partial charge in [0.1, 0.15) is 5.75 Å². The molecule has 0 saturated heterocycles. The van der Waals surface area contributed by atoms with Gasteiger partial charge in [0.15, 0.2) is 5.82 Å². The molecule has 1 heterocycles. The first-order chi connectivity index (χ1) is 10.2. The number of nitrogen functional groups attached to an aromatic ring is 1. The Morgan fingerprint density at radius 1 is 1.29 bits per heavy atom. The van der Waals surface area contributed by atoms with Gasteiger partial charge >= 0.3 is 0 Å². The topological polar surface area (TPSA) is 78.9 Å². The van der Waals surface area contributed by atoms with Gasteiger partial charge in [-0.2, -0.15) is 0 Å². The van der Waals surface area contributed by atoms with Gasteiger partial charge in [-0.3, -0.25) is 0 Å². The molecular formula is C15H23N5O. The molecule has 1 aromatic heterocycles. The molecule has 0 spiro atoms. The lowest BCUT2D eigenvalue weighted by Crippen LogP contribution is -2.09. The highest BCUT2D eigenvalue weighted by Gasteiger charge is 2.15. The molecule has 6 heteroatoms. The van der Waals surface area contributed by atoms with Crippen molar-refractivity contribution in [1.82, 2.24) is 20.2 Å². The Kier molecular flexibility index (Phi) is 5.14. The van der Waals surface area contributed by atoms with E-state index in [0.717, 1.165) is 36.4 Å². The van der Waals surface area contributed by atoms with Gasteiger partial charge in [-0.15, -0.1) is 5.10 Å². The summed E-state index contributed by atoms with van der Waals surface area (Å²) in [5.41, 5.74) is 7.47. The van der Waals surface area contributed by atoms with E-state index in [1.807, 2.05) is 29.8 Å². The second-order valence-corrected chi connectivity index (χ2v) is 5.16. The summed E-state index contributed by atoms with van der Waals surface area (Å²) in [6, 6.07) is 5.86. The van der Waals surface area contributed by atoms with Crippen molar-refractivity contribution < 1.29 is 4.74 Å². The van der Waals surface area contributed by atoms with Gasteiger partial charge in [0.2, 0.25) is 0 Å². The molecule has 2 N–H and O–H groups in total. The fraction of sp³-hybridized carbons (Fsp3) is 0.533. The normalized spacial score (nSPS) is 12.3. The molecule has 1 atom stereocenters. The van der Waals surface area contributed by atoms with Gasteiger partial charge in [0.25, 0.3) is 0 Å². The second kappa shape index (κ2) is 7.06. The van der Waals surface area contributed by atoms with Gasteiger partial charge < -0.3 is 10.5 Å². The summed E-state index contributed by atoms with van der Waals surface area (Å²) in [6.45, 7) is 6.85. The van der Waals surface area contributed by atoms with Crippen LogP contribution in [0.5, 0.6) is 5.75 Å². The summed E-state index contributed by atoms with van der Waals surface area (Å²) in [6.07, 6.45) is 3.37. The molecule has 0 bridgehead atoms. The molecule has 0 aliphatic carbocycles. The molecule has 114 valence electrons. The van der Waals surface area contributed by atoms with E-state index in [1.54, 1.807) is 0 Å². The zero-order valence-electron chi connectivity index (χ0n) is 12.9. The maximum Gasteiger partial charge on any atom is 0.182 e. The zero-order valence-corrected chi connectivity index (χ0v) is 12.9. The minimum Gasteiger partial charge on any atom is -0.494 e. The van der Waals surface area contributed by atoms with Crippen LogP contribution in [0.25, 0.3) is 11.4 Å². The summed E-state index contributed by atoms with van der Waals surface area (Å²) in [7, 11) is 0. The van der Waals surface area contributed by atoms with Crippen LogP contribution in [0.15, 0.2) is 18.2 Å². The van der Waals surface area contributed by atoms with Crippen molar-refractivity contribution in [3.05, 3.63) is 18.2 Å². The van der Waals surface area contributed by atoms with Crippen molar-refractivity contribution in [3.63, 3.8) is 0 Å². The molecule has 1 aromatic carbocycles. The molecule has 0 amide bonds. The molecule has 0 aliphatic heterocycles. The Bertz CT molecular complexity index is 581. The average molecular weight is 289 g/mol.